The fraction of sp³-hybridized carbons (Fsp3) is 0.647. The minimum Gasteiger partial charge on any atom is -0.381 e. The molecule has 116 valence electrons. The third-order valence-electron chi connectivity index (χ3n) is 4.49. The molecule has 0 aromatic heterocycles. The van der Waals surface area contributed by atoms with Crippen molar-refractivity contribution in [3.05, 3.63) is 28.8 Å². The molecule has 0 radical (unpaired) electrons. The van der Waals surface area contributed by atoms with E-state index in [1.165, 1.54) is 36.9 Å². The molecule has 2 fully saturated rings. The van der Waals surface area contributed by atoms with Gasteiger partial charge in [0.05, 0.1) is 0 Å². The van der Waals surface area contributed by atoms with Gasteiger partial charge in [0.1, 0.15) is 0 Å². The molecule has 1 aromatic rings. The Balaban J connectivity index is 1.66. The van der Waals surface area contributed by atoms with Gasteiger partial charge < -0.3 is 15.0 Å². The Morgan fingerprint density at radius 2 is 2.00 bits per heavy atom. The van der Waals surface area contributed by atoms with Gasteiger partial charge >= 0.3 is 0 Å². The van der Waals surface area contributed by atoms with Crippen LogP contribution in [0.15, 0.2) is 18.2 Å². The van der Waals surface area contributed by atoms with E-state index < -0.39 is 0 Å². The first-order valence-electron chi connectivity index (χ1n) is 8.03. The lowest BCUT2D eigenvalue weighted by atomic mass is 9.99. The number of ether oxygens (including phenoxy) is 1. The number of anilines is 1. The summed E-state index contributed by atoms with van der Waals surface area (Å²) in [5.41, 5.74) is 2.61. The van der Waals surface area contributed by atoms with Crippen molar-refractivity contribution in [1.29, 1.82) is 0 Å². The first-order valence-corrected chi connectivity index (χ1v) is 8.41. The van der Waals surface area contributed by atoms with E-state index >= 15 is 0 Å². The molecule has 0 atom stereocenters. The van der Waals surface area contributed by atoms with Gasteiger partial charge in [0.25, 0.3) is 0 Å². The molecule has 1 aromatic carbocycles. The molecular formula is C17H25ClN2O. The van der Waals surface area contributed by atoms with Crippen LogP contribution in [0.25, 0.3) is 0 Å². The highest BCUT2D eigenvalue weighted by molar-refractivity contribution is 6.30. The van der Waals surface area contributed by atoms with E-state index in [0.717, 1.165) is 43.3 Å². The van der Waals surface area contributed by atoms with Crippen molar-refractivity contribution in [3.63, 3.8) is 0 Å². The van der Waals surface area contributed by atoms with E-state index in [9.17, 15) is 0 Å². The molecule has 1 aliphatic carbocycles. The highest BCUT2D eigenvalue weighted by Gasteiger charge is 2.21. The topological polar surface area (TPSA) is 24.5 Å². The lowest BCUT2D eigenvalue weighted by Gasteiger charge is -2.30. The van der Waals surface area contributed by atoms with Gasteiger partial charge in [-0.3, -0.25) is 0 Å². The van der Waals surface area contributed by atoms with Crippen molar-refractivity contribution in [2.24, 2.45) is 5.92 Å². The summed E-state index contributed by atoms with van der Waals surface area (Å²) in [4.78, 5) is 2.37. The number of hydrogen-bond acceptors (Lipinski definition) is 3. The van der Waals surface area contributed by atoms with Crippen LogP contribution in [-0.2, 0) is 11.3 Å². The molecule has 0 bridgehead atoms. The number of halogens is 1. The van der Waals surface area contributed by atoms with E-state index in [2.05, 4.69) is 29.4 Å². The Kier molecular flexibility index (Phi) is 5.04. The van der Waals surface area contributed by atoms with Crippen molar-refractivity contribution in [2.45, 2.75) is 38.3 Å². The molecule has 3 nitrogen and oxygen atoms in total. The summed E-state index contributed by atoms with van der Waals surface area (Å²) in [5, 5.41) is 4.42. The van der Waals surface area contributed by atoms with Gasteiger partial charge in [0.15, 0.2) is 0 Å². The van der Waals surface area contributed by atoms with Crippen LogP contribution in [-0.4, -0.2) is 32.8 Å². The molecule has 1 heterocycles. The number of hydrogen-bond donors (Lipinski definition) is 1. The lowest BCUT2D eigenvalue weighted by molar-refractivity contribution is 0.0685. The minimum absolute atomic E-state index is 0.729. The molecule has 1 aliphatic heterocycles. The van der Waals surface area contributed by atoms with Crippen LogP contribution in [0.3, 0.4) is 0 Å². The number of nitrogens with one attached hydrogen (secondary N) is 1. The molecule has 0 amide bonds. The van der Waals surface area contributed by atoms with E-state index in [-0.39, 0.29) is 0 Å². The zero-order valence-corrected chi connectivity index (χ0v) is 13.5. The molecule has 21 heavy (non-hydrogen) atoms. The summed E-state index contributed by atoms with van der Waals surface area (Å²) in [6.07, 6.45) is 4.97. The predicted octanol–water partition coefficient (Wildman–Crippen LogP) is 3.45. The summed E-state index contributed by atoms with van der Waals surface area (Å²) >= 11 is 6.21. The van der Waals surface area contributed by atoms with Crippen LogP contribution in [0, 0.1) is 5.92 Å². The molecule has 1 N–H and O–H groups in total. The number of rotatable bonds is 6. The summed E-state index contributed by atoms with van der Waals surface area (Å²) in [6.45, 7) is 3.84. The van der Waals surface area contributed by atoms with Crippen LogP contribution < -0.4 is 10.2 Å². The predicted molar refractivity (Wildman–Crippen MR) is 88.1 cm³/mol. The fourth-order valence-electron chi connectivity index (χ4n) is 3.00. The van der Waals surface area contributed by atoms with Crippen molar-refractivity contribution < 1.29 is 4.74 Å². The zero-order chi connectivity index (χ0) is 14.7. The number of nitrogens with zero attached hydrogens (tertiary/aromatic N) is 1. The Morgan fingerprint density at radius 3 is 2.71 bits per heavy atom. The van der Waals surface area contributed by atoms with Crippen LogP contribution in [0.5, 0.6) is 0 Å². The first kappa shape index (κ1) is 15.1. The van der Waals surface area contributed by atoms with Crippen molar-refractivity contribution >= 4 is 17.3 Å². The Morgan fingerprint density at radius 1 is 1.24 bits per heavy atom. The van der Waals surface area contributed by atoms with Gasteiger partial charge in [-0.2, -0.15) is 0 Å². The van der Waals surface area contributed by atoms with E-state index in [4.69, 9.17) is 16.3 Å². The Hall–Kier alpha value is -0.770. The second-order valence-corrected chi connectivity index (χ2v) is 6.80. The molecule has 1 saturated heterocycles. The maximum Gasteiger partial charge on any atom is 0.0469 e. The Labute approximate surface area is 132 Å². The average Bonchev–Trinajstić information content (AvgIpc) is 3.31. The highest BCUT2D eigenvalue weighted by Crippen LogP contribution is 2.28. The second-order valence-electron chi connectivity index (χ2n) is 6.36. The van der Waals surface area contributed by atoms with Crippen LogP contribution in [0.2, 0.25) is 5.02 Å². The van der Waals surface area contributed by atoms with Crippen LogP contribution in [0.1, 0.15) is 31.2 Å². The normalized spacial score (nSPS) is 19.7. The quantitative estimate of drug-likeness (QED) is 0.871. The summed E-state index contributed by atoms with van der Waals surface area (Å²) in [6, 6.07) is 6.99. The first-order chi connectivity index (χ1) is 10.2. The van der Waals surface area contributed by atoms with Crippen molar-refractivity contribution in [3.8, 4) is 0 Å². The summed E-state index contributed by atoms with van der Waals surface area (Å²) in [5.74, 6) is 0.729. The standard InChI is InChI=1S/C17H25ClN2O/c1-20(12-13-6-8-21-9-7-13)17-10-15(18)3-2-14(17)11-19-16-4-5-16/h2-3,10,13,16,19H,4-9,11-12H2,1H3. The maximum atomic E-state index is 6.21. The van der Waals surface area contributed by atoms with Gasteiger partial charge in [-0.1, -0.05) is 17.7 Å². The van der Waals surface area contributed by atoms with E-state index in [1.807, 2.05) is 6.07 Å². The third-order valence-corrected chi connectivity index (χ3v) is 4.73. The van der Waals surface area contributed by atoms with Crippen LogP contribution in [0.4, 0.5) is 5.69 Å². The molecule has 1 saturated carbocycles. The molecule has 2 aliphatic rings. The molecular weight excluding hydrogens is 284 g/mol. The third kappa shape index (κ3) is 4.35. The van der Waals surface area contributed by atoms with Gasteiger partial charge in [0.2, 0.25) is 0 Å². The van der Waals surface area contributed by atoms with Gasteiger partial charge in [-0.25, -0.2) is 0 Å². The number of benzene rings is 1. The van der Waals surface area contributed by atoms with Crippen molar-refractivity contribution in [2.75, 3.05) is 31.7 Å². The lowest BCUT2D eigenvalue weighted by Crippen LogP contribution is -2.30. The summed E-state index contributed by atoms with van der Waals surface area (Å²) in [7, 11) is 2.18. The monoisotopic (exact) mass is 308 g/mol. The summed E-state index contributed by atoms with van der Waals surface area (Å²) < 4.78 is 5.45. The smallest absolute Gasteiger partial charge is 0.0469 e. The van der Waals surface area contributed by atoms with Crippen molar-refractivity contribution in [1.82, 2.24) is 5.32 Å². The molecule has 0 unspecified atom stereocenters. The van der Waals surface area contributed by atoms with Crippen LogP contribution >= 0.6 is 11.6 Å². The average molecular weight is 309 g/mol. The molecule has 3 rings (SSSR count). The fourth-order valence-corrected chi connectivity index (χ4v) is 3.16. The SMILES string of the molecule is CN(CC1CCOCC1)c1cc(Cl)ccc1CNC1CC1. The van der Waals surface area contributed by atoms with Gasteiger partial charge in [-0.15, -0.1) is 0 Å². The Bertz CT molecular complexity index is 470. The molecule has 0 spiro atoms. The largest absolute Gasteiger partial charge is 0.381 e. The second kappa shape index (κ2) is 6.99. The molecule has 4 heteroatoms. The van der Waals surface area contributed by atoms with Gasteiger partial charge in [-0.05, 0) is 49.3 Å². The van der Waals surface area contributed by atoms with Gasteiger partial charge in [0, 0.05) is 50.1 Å². The minimum atomic E-state index is 0.729. The van der Waals surface area contributed by atoms with E-state index in [0.29, 0.717) is 0 Å². The maximum absolute atomic E-state index is 6.21. The zero-order valence-electron chi connectivity index (χ0n) is 12.8. The van der Waals surface area contributed by atoms with E-state index in [1.54, 1.807) is 0 Å². The highest BCUT2D eigenvalue weighted by atomic mass is 35.5.